The van der Waals surface area contributed by atoms with Crippen molar-refractivity contribution in [2.45, 2.75) is 25.7 Å². The van der Waals surface area contributed by atoms with E-state index >= 15 is 0 Å². The number of methoxy groups -OCH3 is 1. The normalized spacial score (nSPS) is 19.7. The summed E-state index contributed by atoms with van der Waals surface area (Å²) in [6.45, 7) is 2.83. The van der Waals surface area contributed by atoms with Gasteiger partial charge in [-0.3, -0.25) is 14.6 Å². The van der Waals surface area contributed by atoms with Crippen molar-refractivity contribution in [3.63, 3.8) is 0 Å². The predicted molar refractivity (Wildman–Crippen MR) is 83.4 cm³/mol. The number of amides is 1. The molecule has 0 radical (unpaired) electrons. The standard InChI is InChI=1S/C15H26N4O3/c1-16-15(18-8-7-17-13(20)11-3-4-11)19-9-5-12(6-10-19)14(21)22-2/h11-12H,3-10H2,1-2H3,(H,16,18)(H,17,20). The third kappa shape index (κ3) is 4.61. The van der Waals surface area contributed by atoms with Crippen LogP contribution in [-0.2, 0) is 14.3 Å². The zero-order valence-electron chi connectivity index (χ0n) is 13.4. The zero-order valence-corrected chi connectivity index (χ0v) is 13.4. The lowest BCUT2D eigenvalue weighted by Crippen LogP contribution is -2.48. The van der Waals surface area contributed by atoms with Gasteiger partial charge in [0.2, 0.25) is 5.91 Å². The van der Waals surface area contributed by atoms with Crippen LogP contribution < -0.4 is 10.6 Å². The number of carbonyl (C=O) groups is 2. The molecule has 2 aliphatic rings. The number of nitrogens with one attached hydrogen (secondary N) is 2. The second-order valence-electron chi connectivity index (χ2n) is 5.82. The van der Waals surface area contributed by atoms with E-state index in [-0.39, 0.29) is 23.7 Å². The van der Waals surface area contributed by atoms with Crippen molar-refractivity contribution in [3.05, 3.63) is 0 Å². The fourth-order valence-electron chi connectivity index (χ4n) is 2.68. The molecule has 1 saturated heterocycles. The Morgan fingerprint density at radius 2 is 1.73 bits per heavy atom. The number of carbonyl (C=O) groups excluding carboxylic acids is 2. The molecular formula is C15H26N4O3. The van der Waals surface area contributed by atoms with Crippen molar-refractivity contribution in [1.82, 2.24) is 15.5 Å². The van der Waals surface area contributed by atoms with Crippen molar-refractivity contribution < 1.29 is 14.3 Å². The van der Waals surface area contributed by atoms with Gasteiger partial charge in [0.1, 0.15) is 0 Å². The van der Waals surface area contributed by atoms with Crippen LogP contribution in [0, 0.1) is 11.8 Å². The van der Waals surface area contributed by atoms with Crippen molar-refractivity contribution >= 4 is 17.8 Å². The number of aliphatic imine (C=N–C) groups is 1. The second-order valence-corrected chi connectivity index (χ2v) is 5.82. The van der Waals surface area contributed by atoms with E-state index in [1.807, 2.05) is 0 Å². The molecule has 1 aliphatic heterocycles. The molecule has 1 amide bonds. The smallest absolute Gasteiger partial charge is 0.308 e. The number of ether oxygens (including phenoxy) is 1. The van der Waals surface area contributed by atoms with Crippen molar-refractivity contribution in [1.29, 1.82) is 0 Å². The second kappa shape index (κ2) is 8.00. The first-order chi connectivity index (χ1) is 10.7. The molecular weight excluding hydrogens is 284 g/mol. The molecule has 124 valence electrons. The van der Waals surface area contributed by atoms with Gasteiger partial charge in [0.15, 0.2) is 5.96 Å². The molecule has 7 heteroatoms. The van der Waals surface area contributed by atoms with E-state index in [4.69, 9.17) is 4.74 Å². The number of guanidine groups is 1. The van der Waals surface area contributed by atoms with E-state index in [9.17, 15) is 9.59 Å². The molecule has 2 fully saturated rings. The summed E-state index contributed by atoms with van der Waals surface area (Å²) in [5.74, 6) is 1.11. The molecule has 0 atom stereocenters. The van der Waals surface area contributed by atoms with E-state index in [2.05, 4.69) is 20.5 Å². The Labute approximate surface area is 131 Å². The van der Waals surface area contributed by atoms with Crippen LogP contribution in [0.15, 0.2) is 4.99 Å². The fraction of sp³-hybridized carbons (Fsp3) is 0.800. The molecule has 1 heterocycles. The SMILES string of the molecule is CN=C(NCCNC(=O)C1CC1)N1CCC(C(=O)OC)CC1. The molecule has 7 nitrogen and oxygen atoms in total. The number of esters is 1. The molecule has 0 aromatic heterocycles. The molecule has 0 spiro atoms. The lowest BCUT2D eigenvalue weighted by molar-refractivity contribution is -0.146. The third-order valence-electron chi connectivity index (χ3n) is 4.20. The minimum atomic E-state index is -0.120. The molecule has 0 bridgehead atoms. The van der Waals surface area contributed by atoms with Gasteiger partial charge in [0.25, 0.3) is 0 Å². The first kappa shape index (κ1) is 16.6. The van der Waals surface area contributed by atoms with Crippen molar-refractivity contribution in [3.8, 4) is 0 Å². The van der Waals surface area contributed by atoms with Gasteiger partial charge in [-0.2, -0.15) is 0 Å². The monoisotopic (exact) mass is 310 g/mol. The first-order valence-corrected chi connectivity index (χ1v) is 7.96. The average Bonchev–Trinajstić information content (AvgIpc) is 3.39. The number of nitrogens with zero attached hydrogens (tertiary/aromatic N) is 2. The van der Waals surface area contributed by atoms with Crippen LogP contribution in [0.1, 0.15) is 25.7 Å². The highest BCUT2D eigenvalue weighted by atomic mass is 16.5. The van der Waals surface area contributed by atoms with E-state index in [0.29, 0.717) is 13.1 Å². The lowest BCUT2D eigenvalue weighted by atomic mass is 9.97. The lowest BCUT2D eigenvalue weighted by Gasteiger charge is -2.33. The van der Waals surface area contributed by atoms with Crippen molar-refractivity contribution in [2.24, 2.45) is 16.8 Å². The quantitative estimate of drug-likeness (QED) is 0.323. The van der Waals surface area contributed by atoms with Crippen molar-refractivity contribution in [2.75, 3.05) is 40.3 Å². The van der Waals surface area contributed by atoms with Gasteiger partial charge < -0.3 is 20.3 Å². The molecule has 1 aliphatic carbocycles. The molecule has 0 aromatic rings. The van der Waals surface area contributed by atoms with Gasteiger partial charge in [-0.05, 0) is 25.7 Å². The summed E-state index contributed by atoms with van der Waals surface area (Å²) in [4.78, 5) is 29.5. The van der Waals surface area contributed by atoms with Gasteiger partial charge in [0, 0.05) is 39.1 Å². The maximum Gasteiger partial charge on any atom is 0.308 e. The van der Waals surface area contributed by atoms with Crippen LogP contribution in [0.4, 0.5) is 0 Å². The summed E-state index contributed by atoms with van der Waals surface area (Å²) in [6, 6.07) is 0. The van der Waals surface area contributed by atoms with Gasteiger partial charge in [0.05, 0.1) is 13.0 Å². The van der Waals surface area contributed by atoms with Crippen LogP contribution >= 0.6 is 0 Å². The van der Waals surface area contributed by atoms with E-state index in [1.54, 1.807) is 7.05 Å². The molecule has 2 rings (SSSR count). The van der Waals surface area contributed by atoms with Gasteiger partial charge in [-0.15, -0.1) is 0 Å². The molecule has 1 saturated carbocycles. The van der Waals surface area contributed by atoms with Gasteiger partial charge >= 0.3 is 5.97 Å². The Morgan fingerprint density at radius 1 is 1.09 bits per heavy atom. The number of hydrogen-bond acceptors (Lipinski definition) is 4. The molecule has 0 aromatic carbocycles. The van der Waals surface area contributed by atoms with Crippen LogP contribution in [-0.4, -0.2) is 63.1 Å². The summed E-state index contributed by atoms with van der Waals surface area (Å²) in [5.41, 5.74) is 0. The number of rotatable bonds is 5. The Bertz CT molecular complexity index is 427. The highest BCUT2D eigenvalue weighted by molar-refractivity contribution is 5.81. The van der Waals surface area contributed by atoms with Crippen LogP contribution in [0.25, 0.3) is 0 Å². The summed E-state index contributed by atoms with van der Waals surface area (Å²) >= 11 is 0. The summed E-state index contributed by atoms with van der Waals surface area (Å²) in [6.07, 6.45) is 3.61. The van der Waals surface area contributed by atoms with Gasteiger partial charge in [-0.1, -0.05) is 0 Å². The molecule has 22 heavy (non-hydrogen) atoms. The molecule has 0 unspecified atom stereocenters. The Morgan fingerprint density at radius 3 is 2.27 bits per heavy atom. The largest absolute Gasteiger partial charge is 0.469 e. The highest BCUT2D eigenvalue weighted by Gasteiger charge is 2.29. The summed E-state index contributed by atoms with van der Waals surface area (Å²) < 4.78 is 4.79. The average molecular weight is 310 g/mol. The Kier molecular flexibility index (Phi) is 6.03. The van der Waals surface area contributed by atoms with Gasteiger partial charge in [-0.25, -0.2) is 0 Å². The van der Waals surface area contributed by atoms with Crippen LogP contribution in [0.2, 0.25) is 0 Å². The number of likely N-dealkylation sites (tertiary alicyclic amines) is 1. The molecule has 2 N–H and O–H groups in total. The maximum atomic E-state index is 11.5. The minimum absolute atomic E-state index is 0.00261. The Hall–Kier alpha value is -1.79. The zero-order chi connectivity index (χ0) is 15.9. The number of hydrogen-bond donors (Lipinski definition) is 2. The summed E-state index contributed by atoms with van der Waals surface area (Å²) in [5, 5.41) is 6.18. The number of piperidine rings is 1. The van der Waals surface area contributed by atoms with E-state index in [1.165, 1.54) is 7.11 Å². The summed E-state index contributed by atoms with van der Waals surface area (Å²) in [7, 11) is 3.18. The fourth-order valence-corrected chi connectivity index (χ4v) is 2.68. The van der Waals surface area contributed by atoms with Crippen LogP contribution in [0.3, 0.4) is 0 Å². The van der Waals surface area contributed by atoms with E-state index < -0.39 is 0 Å². The van der Waals surface area contributed by atoms with Crippen LogP contribution in [0.5, 0.6) is 0 Å². The maximum absolute atomic E-state index is 11.5. The predicted octanol–water partition coefficient (Wildman–Crippen LogP) is -0.0270. The highest BCUT2D eigenvalue weighted by Crippen LogP contribution is 2.28. The van der Waals surface area contributed by atoms with E-state index in [0.717, 1.165) is 44.7 Å². The minimum Gasteiger partial charge on any atom is -0.469 e. The Balaban J connectivity index is 1.66. The first-order valence-electron chi connectivity index (χ1n) is 7.96. The topological polar surface area (TPSA) is 83.0 Å². The third-order valence-corrected chi connectivity index (χ3v) is 4.20.